The van der Waals surface area contributed by atoms with Crippen molar-refractivity contribution in [1.29, 1.82) is 0 Å². The van der Waals surface area contributed by atoms with E-state index in [1.165, 1.54) is 27.5 Å². The average molecular weight is 354 g/mol. The molecule has 1 amide bonds. The number of benzene rings is 2. The summed E-state index contributed by atoms with van der Waals surface area (Å²) in [6.07, 6.45) is 1.38. The van der Waals surface area contributed by atoms with E-state index in [4.69, 9.17) is 14.2 Å². The molecule has 0 unspecified atom stereocenters. The fraction of sp³-hybridized carbons (Fsp3) is 0.158. The Bertz CT molecular complexity index is 1030. The van der Waals surface area contributed by atoms with Gasteiger partial charge in [-0.3, -0.25) is 9.59 Å². The summed E-state index contributed by atoms with van der Waals surface area (Å²) >= 11 is 0. The van der Waals surface area contributed by atoms with Crippen molar-refractivity contribution < 1.29 is 19.0 Å². The van der Waals surface area contributed by atoms with E-state index < -0.39 is 5.91 Å². The van der Waals surface area contributed by atoms with Gasteiger partial charge >= 0.3 is 0 Å². The fourth-order valence-corrected chi connectivity index (χ4v) is 2.68. The van der Waals surface area contributed by atoms with Gasteiger partial charge in [-0.1, -0.05) is 6.07 Å². The Morgan fingerprint density at radius 1 is 0.962 bits per heavy atom. The van der Waals surface area contributed by atoms with E-state index in [2.05, 4.69) is 10.3 Å². The van der Waals surface area contributed by atoms with Crippen molar-refractivity contribution in [3.63, 3.8) is 0 Å². The van der Waals surface area contributed by atoms with Crippen LogP contribution in [0.1, 0.15) is 10.4 Å². The summed E-state index contributed by atoms with van der Waals surface area (Å²) in [5, 5.41) is 3.07. The minimum Gasteiger partial charge on any atom is -0.495 e. The van der Waals surface area contributed by atoms with Gasteiger partial charge in [0.2, 0.25) is 5.43 Å². The van der Waals surface area contributed by atoms with Crippen LogP contribution < -0.4 is 25.0 Å². The topological polar surface area (TPSA) is 89.6 Å². The Kier molecular flexibility index (Phi) is 4.79. The number of para-hydroxylation sites is 1. The van der Waals surface area contributed by atoms with Gasteiger partial charge in [0.1, 0.15) is 11.3 Å². The lowest BCUT2D eigenvalue weighted by Crippen LogP contribution is -2.22. The molecule has 7 heteroatoms. The molecule has 0 bridgehead atoms. The molecule has 0 atom stereocenters. The molecule has 0 aliphatic carbocycles. The van der Waals surface area contributed by atoms with Crippen LogP contribution in [0.25, 0.3) is 10.9 Å². The Morgan fingerprint density at radius 3 is 2.38 bits per heavy atom. The number of amides is 1. The molecule has 0 spiro atoms. The molecule has 134 valence electrons. The van der Waals surface area contributed by atoms with Crippen molar-refractivity contribution in [2.24, 2.45) is 0 Å². The highest BCUT2D eigenvalue weighted by molar-refractivity contribution is 6.06. The molecule has 1 heterocycles. The highest BCUT2D eigenvalue weighted by Crippen LogP contribution is 2.30. The highest BCUT2D eigenvalue weighted by Gasteiger charge is 2.15. The lowest BCUT2D eigenvalue weighted by Gasteiger charge is -2.11. The maximum atomic E-state index is 12.7. The van der Waals surface area contributed by atoms with Gasteiger partial charge in [-0.2, -0.15) is 0 Å². The zero-order valence-corrected chi connectivity index (χ0v) is 14.6. The number of pyridine rings is 1. The smallest absolute Gasteiger partial charge is 0.261 e. The predicted octanol–water partition coefficient (Wildman–Crippen LogP) is 2.81. The molecule has 0 aliphatic rings. The van der Waals surface area contributed by atoms with Crippen molar-refractivity contribution in [2.75, 3.05) is 26.6 Å². The van der Waals surface area contributed by atoms with Crippen LogP contribution >= 0.6 is 0 Å². The van der Waals surface area contributed by atoms with Gasteiger partial charge in [0.05, 0.1) is 32.2 Å². The Labute approximate surface area is 149 Å². The highest BCUT2D eigenvalue weighted by atomic mass is 16.5. The fourth-order valence-electron chi connectivity index (χ4n) is 2.68. The first-order valence-electron chi connectivity index (χ1n) is 7.80. The first kappa shape index (κ1) is 17.3. The first-order valence-corrected chi connectivity index (χ1v) is 7.80. The number of H-pyrrole nitrogens is 1. The number of aromatic nitrogens is 1. The quantitative estimate of drug-likeness (QED) is 0.735. The van der Waals surface area contributed by atoms with Crippen LogP contribution in [0.2, 0.25) is 0 Å². The van der Waals surface area contributed by atoms with Crippen molar-refractivity contribution in [2.45, 2.75) is 0 Å². The number of anilines is 1. The van der Waals surface area contributed by atoms with Gasteiger partial charge < -0.3 is 24.5 Å². The minimum absolute atomic E-state index is 0.000498. The molecule has 3 aromatic rings. The molecule has 3 rings (SSSR count). The maximum absolute atomic E-state index is 12.7. The van der Waals surface area contributed by atoms with Crippen LogP contribution in [0.15, 0.2) is 47.4 Å². The van der Waals surface area contributed by atoms with E-state index in [0.717, 1.165) is 0 Å². The molecular weight excluding hydrogens is 336 g/mol. The lowest BCUT2D eigenvalue weighted by atomic mass is 10.1. The van der Waals surface area contributed by atoms with E-state index in [9.17, 15) is 9.59 Å². The molecule has 0 radical (unpaired) electrons. The minimum atomic E-state index is -0.525. The third-order valence-electron chi connectivity index (χ3n) is 3.98. The van der Waals surface area contributed by atoms with Gasteiger partial charge in [-0.05, 0) is 24.3 Å². The Balaban J connectivity index is 1.96. The molecule has 0 saturated heterocycles. The Morgan fingerprint density at radius 2 is 1.69 bits per heavy atom. The number of fused-ring (bicyclic) bond motifs is 1. The van der Waals surface area contributed by atoms with Crippen LogP contribution in [-0.4, -0.2) is 32.2 Å². The SMILES string of the molecule is COc1ccc(NC(=O)c2c[nH]c3c(OC)cccc3c2=O)cc1OC. The summed E-state index contributed by atoms with van der Waals surface area (Å²) in [5.41, 5.74) is 0.650. The van der Waals surface area contributed by atoms with Gasteiger partial charge in [0.25, 0.3) is 5.91 Å². The van der Waals surface area contributed by atoms with Crippen LogP contribution in [-0.2, 0) is 0 Å². The number of rotatable bonds is 5. The van der Waals surface area contributed by atoms with Crippen molar-refractivity contribution in [3.8, 4) is 17.2 Å². The molecule has 26 heavy (non-hydrogen) atoms. The molecule has 0 saturated carbocycles. The third-order valence-corrected chi connectivity index (χ3v) is 3.98. The molecule has 1 aromatic heterocycles. The number of ether oxygens (including phenoxy) is 3. The van der Waals surface area contributed by atoms with Crippen molar-refractivity contribution >= 4 is 22.5 Å². The van der Waals surface area contributed by atoms with E-state index in [1.54, 1.807) is 36.4 Å². The van der Waals surface area contributed by atoms with E-state index >= 15 is 0 Å². The number of hydrogen-bond acceptors (Lipinski definition) is 5. The monoisotopic (exact) mass is 354 g/mol. The number of methoxy groups -OCH3 is 3. The number of aromatic amines is 1. The first-order chi connectivity index (χ1) is 12.6. The van der Waals surface area contributed by atoms with Gasteiger partial charge in [0, 0.05) is 18.0 Å². The lowest BCUT2D eigenvalue weighted by molar-refractivity contribution is 0.102. The largest absolute Gasteiger partial charge is 0.495 e. The zero-order chi connectivity index (χ0) is 18.7. The number of nitrogens with one attached hydrogen (secondary N) is 2. The number of hydrogen-bond donors (Lipinski definition) is 2. The van der Waals surface area contributed by atoms with Gasteiger partial charge in [-0.25, -0.2) is 0 Å². The summed E-state index contributed by atoms with van der Waals surface area (Å²) in [6.45, 7) is 0. The maximum Gasteiger partial charge on any atom is 0.261 e. The summed E-state index contributed by atoms with van der Waals surface area (Å²) in [4.78, 5) is 28.2. The van der Waals surface area contributed by atoms with Crippen LogP contribution in [0.4, 0.5) is 5.69 Å². The molecule has 2 aromatic carbocycles. The average Bonchev–Trinajstić information content (AvgIpc) is 2.67. The van der Waals surface area contributed by atoms with E-state index in [1.807, 2.05) is 0 Å². The second-order valence-corrected chi connectivity index (χ2v) is 5.44. The molecule has 0 fully saturated rings. The number of carbonyl (C=O) groups is 1. The summed E-state index contributed by atoms with van der Waals surface area (Å²) in [5.74, 6) is 1.03. The van der Waals surface area contributed by atoms with E-state index in [-0.39, 0.29) is 11.0 Å². The predicted molar refractivity (Wildman–Crippen MR) is 98.6 cm³/mol. The van der Waals surface area contributed by atoms with Gasteiger partial charge in [0.15, 0.2) is 11.5 Å². The summed E-state index contributed by atoms with van der Waals surface area (Å²) in [7, 11) is 4.55. The third kappa shape index (κ3) is 3.06. The molecular formula is C19H18N2O5. The van der Waals surface area contributed by atoms with Gasteiger partial charge in [-0.15, -0.1) is 0 Å². The van der Waals surface area contributed by atoms with Crippen LogP contribution in [0, 0.1) is 0 Å². The van der Waals surface area contributed by atoms with E-state index in [0.29, 0.717) is 33.8 Å². The van der Waals surface area contributed by atoms with Crippen LogP contribution in [0.5, 0.6) is 17.2 Å². The Hall–Kier alpha value is -3.48. The van der Waals surface area contributed by atoms with Crippen molar-refractivity contribution in [1.82, 2.24) is 4.98 Å². The standard InChI is InChI=1S/C19H18N2O5/c1-24-14-8-7-11(9-16(14)26-3)21-19(23)13-10-20-17-12(18(13)22)5-4-6-15(17)25-2/h4-10H,1-3H3,(H,20,22)(H,21,23). The molecule has 7 nitrogen and oxygen atoms in total. The van der Waals surface area contributed by atoms with Crippen molar-refractivity contribution in [3.05, 3.63) is 58.4 Å². The summed E-state index contributed by atoms with van der Waals surface area (Å²) < 4.78 is 15.6. The zero-order valence-electron chi connectivity index (χ0n) is 14.6. The number of carbonyl (C=O) groups excluding carboxylic acids is 1. The second-order valence-electron chi connectivity index (χ2n) is 5.44. The molecule has 0 aliphatic heterocycles. The normalized spacial score (nSPS) is 10.4. The second kappa shape index (κ2) is 7.18. The molecule has 2 N–H and O–H groups in total. The van der Waals surface area contributed by atoms with Crippen LogP contribution in [0.3, 0.4) is 0 Å². The summed E-state index contributed by atoms with van der Waals surface area (Å²) in [6, 6.07) is 10.0.